The minimum absolute atomic E-state index is 0.132. The van der Waals surface area contributed by atoms with Crippen LogP contribution in [0.3, 0.4) is 0 Å². The monoisotopic (exact) mass is 784 g/mol. The Kier molecular flexibility index (Phi) is 13.1. The number of ether oxygens (including phenoxy) is 5. The summed E-state index contributed by atoms with van der Waals surface area (Å²) in [5.41, 5.74) is -4.66. The number of nitrogens with zero attached hydrogens (tertiary/aromatic N) is 3. The second-order valence-electron chi connectivity index (χ2n) is 16.4. The summed E-state index contributed by atoms with van der Waals surface area (Å²) in [6.07, 6.45) is 0.640. The van der Waals surface area contributed by atoms with Crippen molar-refractivity contribution in [3.8, 4) is 0 Å². The number of likely N-dealkylation sites (N-methyl/N-ethyl adjacent to an activating group) is 1. The first-order valence-corrected chi connectivity index (χ1v) is 19.4. The summed E-state index contributed by atoms with van der Waals surface area (Å²) < 4.78 is 48.3. The van der Waals surface area contributed by atoms with Crippen LogP contribution in [0.15, 0.2) is 36.7 Å². The van der Waals surface area contributed by atoms with E-state index >= 15 is 4.39 Å². The van der Waals surface area contributed by atoms with Crippen molar-refractivity contribution in [3.05, 3.63) is 42.2 Å². The quantitative estimate of drug-likeness (QED) is 0.281. The molecule has 3 aliphatic heterocycles. The van der Waals surface area contributed by atoms with Gasteiger partial charge in [-0.25, -0.2) is 19.2 Å². The summed E-state index contributed by atoms with van der Waals surface area (Å²) in [5.74, 6) is -6.06. The van der Waals surface area contributed by atoms with E-state index in [1.54, 1.807) is 44.5 Å². The summed E-state index contributed by atoms with van der Waals surface area (Å²) in [6.45, 7) is 12.1. The molecule has 0 spiro atoms. The molecule has 0 bridgehead atoms. The average Bonchev–Trinajstić information content (AvgIpc) is 3.47. The van der Waals surface area contributed by atoms with E-state index in [2.05, 4.69) is 15.3 Å². The molecule has 0 aromatic carbocycles. The molecule has 2 aromatic rings. The Balaban J connectivity index is 1.59. The van der Waals surface area contributed by atoms with Gasteiger partial charge in [0.1, 0.15) is 18.1 Å². The van der Waals surface area contributed by atoms with Crippen LogP contribution in [0.2, 0.25) is 0 Å². The van der Waals surface area contributed by atoms with Gasteiger partial charge in [-0.3, -0.25) is 14.4 Å². The fourth-order valence-corrected chi connectivity index (χ4v) is 8.65. The van der Waals surface area contributed by atoms with Gasteiger partial charge >= 0.3 is 12.1 Å². The predicted molar refractivity (Wildman–Crippen MR) is 204 cm³/mol. The number of Topliss-reactive ketones (excluding diaryl/α,β-unsaturated/α-hetero) is 2. The number of rotatable bonds is 8. The molecule has 308 valence electrons. The van der Waals surface area contributed by atoms with Crippen molar-refractivity contribution in [1.29, 1.82) is 0 Å². The first-order chi connectivity index (χ1) is 26.2. The number of nitrogens with one attached hydrogen (secondary N) is 1. The highest BCUT2D eigenvalue weighted by molar-refractivity contribution is 6.00. The molecule has 1 amide bonds. The van der Waals surface area contributed by atoms with E-state index in [9.17, 15) is 24.3 Å². The predicted octanol–water partition coefficient (Wildman–Crippen LogP) is 4.60. The van der Waals surface area contributed by atoms with Gasteiger partial charge in [0, 0.05) is 42.1 Å². The van der Waals surface area contributed by atoms with Crippen LogP contribution in [0, 0.1) is 17.8 Å². The second kappa shape index (κ2) is 16.9. The van der Waals surface area contributed by atoms with Crippen LogP contribution in [-0.2, 0) is 38.1 Å². The van der Waals surface area contributed by atoms with Crippen LogP contribution in [0.4, 0.5) is 9.18 Å². The number of aliphatic hydroxyl groups excluding tert-OH is 1. The van der Waals surface area contributed by atoms with Crippen molar-refractivity contribution in [2.24, 2.45) is 17.8 Å². The third-order valence-electron chi connectivity index (χ3n) is 11.7. The van der Waals surface area contributed by atoms with Gasteiger partial charge in [-0.2, -0.15) is 0 Å². The van der Waals surface area contributed by atoms with Gasteiger partial charge in [-0.1, -0.05) is 32.9 Å². The van der Waals surface area contributed by atoms with Gasteiger partial charge in [0.15, 0.2) is 34.8 Å². The van der Waals surface area contributed by atoms with Crippen LogP contribution in [0.1, 0.15) is 80.2 Å². The summed E-state index contributed by atoms with van der Waals surface area (Å²) in [7, 11) is 3.64. The van der Waals surface area contributed by atoms with E-state index in [-0.39, 0.29) is 25.2 Å². The van der Waals surface area contributed by atoms with Crippen LogP contribution in [0.5, 0.6) is 0 Å². The Morgan fingerprint density at radius 2 is 1.80 bits per heavy atom. The minimum atomic E-state index is -2.63. The Morgan fingerprint density at radius 3 is 2.48 bits per heavy atom. The molecule has 14 nitrogen and oxygen atoms in total. The molecule has 0 aliphatic carbocycles. The summed E-state index contributed by atoms with van der Waals surface area (Å²) in [6, 6.07) is 4.10. The van der Waals surface area contributed by atoms with Crippen LogP contribution >= 0.6 is 0 Å². The normalized spacial score (nSPS) is 38.9. The van der Waals surface area contributed by atoms with E-state index in [1.807, 2.05) is 38.1 Å². The third-order valence-corrected chi connectivity index (χ3v) is 11.7. The van der Waals surface area contributed by atoms with Crippen molar-refractivity contribution in [2.45, 2.75) is 134 Å². The highest BCUT2D eigenvalue weighted by atomic mass is 19.1. The summed E-state index contributed by atoms with van der Waals surface area (Å²) in [5, 5.41) is 15.0. The number of cyclic esters (lactones) is 1. The zero-order valence-corrected chi connectivity index (χ0v) is 34.0. The lowest BCUT2D eigenvalue weighted by atomic mass is 9.72. The molecule has 0 radical (unpaired) electrons. The van der Waals surface area contributed by atoms with E-state index in [4.69, 9.17) is 23.7 Å². The first-order valence-electron chi connectivity index (χ1n) is 19.4. The summed E-state index contributed by atoms with van der Waals surface area (Å²) in [4.78, 5) is 65.8. The van der Waals surface area contributed by atoms with Crippen molar-refractivity contribution < 1.29 is 52.4 Å². The minimum Gasteiger partial charge on any atom is -0.458 e. The average molecular weight is 785 g/mol. The molecule has 3 fully saturated rings. The largest absolute Gasteiger partial charge is 0.458 e. The zero-order chi connectivity index (χ0) is 41.3. The number of amides is 1. The highest BCUT2D eigenvalue weighted by Gasteiger charge is 2.59. The maximum atomic E-state index is 17.5. The van der Waals surface area contributed by atoms with E-state index in [1.165, 1.54) is 27.7 Å². The van der Waals surface area contributed by atoms with Gasteiger partial charge in [-0.05, 0) is 85.3 Å². The highest BCUT2D eigenvalue weighted by Crippen LogP contribution is 2.42. The molecular weight excluding hydrogens is 727 g/mol. The van der Waals surface area contributed by atoms with Gasteiger partial charge in [0.2, 0.25) is 0 Å². The molecule has 2 N–H and O–H groups in total. The smallest absolute Gasteiger partial charge is 0.408 e. The van der Waals surface area contributed by atoms with Gasteiger partial charge < -0.3 is 39.0 Å². The van der Waals surface area contributed by atoms with E-state index in [0.717, 1.165) is 17.9 Å². The lowest BCUT2D eigenvalue weighted by molar-refractivity contribution is -0.297. The van der Waals surface area contributed by atoms with Crippen LogP contribution < -0.4 is 5.32 Å². The SMILES string of the molecule is CC[C@H]1OC(=O)[C@H](C)C(=O)[C@H](C)[C@@H](O[C@@H]2O[C@H](C)C[C@H](N(C)C)[C@H]2O)[C@](C)(OC/C=C/c2cnc3ncccc3c2)C[C@](C)(F)C(=O)[C@H](C)[C@@H]2NC(=O)O[C@]12C. The topological polar surface area (TPSA) is 176 Å². The molecule has 3 aliphatic rings. The van der Waals surface area contributed by atoms with Crippen molar-refractivity contribution in [2.75, 3.05) is 20.7 Å². The molecular formula is C41H57FN4O10. The van der Waals surface area contributed by atoms with Gasteiger partial charge in [-0.15, -0.1) is 0 Å². The number of hydrogen-bond acceptors (Lipinski definition) is 13. The molecule has 5 heterocycles. The lowest BCUT2D eigenvalue weighted by Gasteiger charge is -2.48. The molecule has 0 saturated carbocycles. The molecule has 3 saturated heterocycles. The second-order valence-corrected chi connectivity index (χ2v) is 16.4. The van der Waals surface area contributed by atoms with Crippen molar-refractivity contribution >= 4 is 40.7 Å². The molecule has 15 heteroatoms. The number of halogens is 1. The first kappa shape index (κ1) is 43.2. The number of fused-ring (bicyclic) bond motifs is 2. The van der Waals surface area contributed by atoms with Crippen LogP contribution in [-0.4, -0.2) is 124 Å². The van der Waals surface area contributed by atoms with E-state index < -0.39 is 95.3 Å². The number of ketones is 2. The molecule has 13 atom stereocenters. The number of aromatic nitrogens is 2. The number of aliphatic hydroxyl groups is 1. The van der Waals surface area contributed by atoms with Crippen LogP contribution in [0.25, 0.3) is 17.1 Å². The number of hydrogen-bond donors (Lipinski definition) is 2. The number of pyridine rings is 2. The summed E-state index contributed by atoms with van der Waals surface area (Å²) >= 11 is 0. The van der Waals surface area contributed by atoms with Gasteiger partial charge in [0.05, 0.1) is 30.5 Å². The Labute approximate surface area is 327 Å². The Morgan fingerprint density at radius 1 is 1.09 bits per heavy atom. The fraction of sp³-hybridized carbons (Fsp3) is 0.659. The van der Waals surface area contributed by atoms with E-state index in [0.29, 0.717) is 12.1 Å². The number of carbonyl (C=O) groups excluding carboxylic acids is 4. The fourth-order valence-electron chi connectivity index (χ4n) is 8.65. The number of esters is 1. The molecule has 5 rings (SSSR count). The van der Waals surface area contributed by atoms with Crippen molar-refractivity contribution in [1.82, 2.24) is 20.2 Å². The maximum Gasteiger partial charge on any atom is 0.408 e. The molecule has 56 heavy (non-hydrogen) atoms. The van der Waals surface area contributed by atoms with Gasteiger partial charge in [0.25, 0.3) is 0 Å². The lowest BCUT2D eigenvalue weighted by Crippen LogP contribution is -2.62. The van der Waals surface area contributed by atoms with Crippen molar-refractivity contribution in [3.63, 3.8) is 0 Å². The molecule has 0 unspecified atom stereocenters. The number of alkyl halides is 1. The Hall–Kier alpha value is -3.89. The molecule has 2 aromatic heterocycles. The standard InChI is InChI=1S/C41H57FN4O10/c1-11-29-41(8)32(45-38(51)56-41)25(5)33(49)39(6,42)21-40(7,52-17-13-14-26-19-27-15-12-16-43-35(27)44-20-26)34(23(3)30(47)24(4)36(50)54-29)55-37-31(48)28(46(9)10)18-22(2)53-37/h12-16,19-20,22-25,28-29,31-32,34,37,48H,11,17-18,21H2,1-10H3,(H,45,51)/b14-13+/t22-,23+,24-,25-,28+,29-,31-,32+,34-,37+,39+,40-,41-/m1/s1. The number of carbonyl (C=O) groups is 4. The Bertz CT molecular complexity index is 1810. The zero-order valence-electron chi connectivity index (χ0n) is 34.0. The maximum absolute atomic E-state index is 17.5. The number of alkyl carbamates (subject to hydrolysis) is 1. The third kappa shape index (κ3) is 8.81.